The zero-order chi connectivity index (χ0) is 9.97. The van der Waals surface area contributed by atoms with Crippen LogP contribution in [0, 0.1) is 6.92 Å². The zero-order valence-electron chi connectivity index (χ0n) is 8.03. The summed E-state index contributed by atoms with van der Waals surface area (Å²) in [5.41, 5.74) is 1.97. The van der Waals surface area contributed by atoms with Crippen LogP contribution in [0.3, 0.4) is 0 Å². The number of aliphatic hydroxyl groups is 1. The molecule has 1 heterocycles. The van der Waals surface area contributed by atoms with Crippen LogP contribution in [0.25, 0.3) is 17.0 Å². The first-order chi connectivity index (χ1) is 6.81. The van der Waals surface area contributed by atoms with Crippen LogP contribution in [0.15, 0.2) is 34.8 Å². The summed E-state index contributed by atoms with van der Waals surface area (Å²) in [5, 5.41) is 9.79. The van der Waals surface area contributed by atoms with E-state index < -0.39 is 0 Å². The van der Waals surface area contributed by atoms with Crippen molar-refractivity contribution in [2.45, 2.75) is 6.92 Å². The Morgan fingerprint density at radius 3 is 3.07 bits per heavy atom. The van der Waals surface area contributed by atoms with E-state index in [2.05, 4.69) is 0 Å². The lowest BCUT2D eigenvalue weighted by Crippen LogP contribution is -1.75. The van der Waals surface area contributed by atoms with Gasteiger partial charge in [0.15, 0.2) is 0 Å². The highest BCUT2D eigenvalue weighted by molar-refractivity contribution is 5.87. The molecule has 0 spiro atoms. The summed E-state index contributed by atoms with van der Waals surface area (Å²) in [6, 6.07) is 7.90. The highest BCUT2D eigenvalue weighted by Crippen LogP contribution is 2.23. The topological polar surface area (TPSA) is 33.4 Å². The SMILES string of the molecule is Cc1cc2c(/C=C/CO)cccc2o1. The summed E-state index contributed by atoms with van der Waals surface area (Å²) in [4.78, 5) is 0. The van der Waals surface area contributed by atoms with Crippen molar-refractivity contribution in [3.63, 3.8) is 0 Å². The fourth-order valence-electron chi connectivity index (χ4n) is 1.54. The maximum Gasteiger partial charge on any atom is 0.134 e. The average molecular weight is 188 g/mol. The quantitative estimate of drug-likeness (QED) is 0.786. The molecule has 0 atom stereocenters. The van der Waals surface area contributed by atoms with Gasteiger partial charge in [-0.05, 0) is 24.6 Å². The van der Waals surface area contributed by atoms with Gasteiger partial charge in [-0.15, -0.1) is 0 Å². The molecular weight excluding hydrogens is 176 g/mol. The monoisotopic (exact) mass is 188 g/mol. The summed E-state index contributed by atoms with van der Waals surface area (Å²) in [6.07, 6.45) is 3.62. The van der Waals surface area contributed by atoms with Gasteiger partial charge < -0.3 is 9.52 Å². The van der Waals surface area contributed by atoms with Crippen molar-refractivity contribution < 1.29 is 9.52 Å². The molecule has 0 amide bonds. The fraction of sp³-hybridized carbons (Fsp3) is 0.167. The first-order valence-electron chi connectivity index (χ1n) is 4.58. The van der Waals surface area contributed by atoms with Crippen LogP contribution >= 0.6 is 0 Å². The van der Waals surface area contributed by atoms with Gasteiger partial charge in [0, 0.05) is 5.39 Å². The van der Waals surface area contributed by atoms with E-state index in [-0.39, 0.29) is 6.61 Å². The van der Waals surface area contributed by atoms with Crippen molar-refractivity contribution in [2.24, 2.45) is 0 Å². The average Bonchev–Trinajstić information content (AvgIpc) is 2.55. The fourth-order valence-corrected chi connectivity index (χ4v) is 1.54. The number of benzene rings is 1. The van der Waals surface area contributed by atoms with E-state index in [1.807, 2.05) is 37.3 Å². The molecule has 2 rings (SSSR count). The van der Waals surface area contributed by atoms with Crippen molar-refractivity contribution in [1.82, 2.24) is 0 Å². The van der Waals surface area contributed by atoms with Crippen LogP contribution in [0.2, 0.25) is 0 Å². The molecule has 0 bridgehead atoms. The lowest BCUT2D eigenvalue weighted by atomic mass is 10.1. The molecule has 0 saturated carbocycles. The molecule has 2 aromatic rings. The number of aryl methyl sites for hydroxylation is 1. The van der Waals surface area contributed by atoms with E-state index >= 15 is 0 Å². The Kier molecular flexibility index (Phi) is 2.37. The predicted molar refractivity (Wildman–Crippen MR) is 57.1 cm³/mol. The predicted octanol–water partition coefficient (Wildman–Crippen LogP) is 2.75. The third-order valence-electron chi connectivity index (χ3n) is 2.12. The molecule has 0 aliphatic rings. The Bertz CT molecular complexity index is 466. The van der Waals surface area contributed by atoms with E-state index in [0.717, 1.165) is 22.3 Å². The van der Waals surface area contributed by atoms with Crippen molar-refractivity contribution >= 4 is 17.0 Å². The molecule has 14 heavy (non-hydrogen) atoms. The van der Waals surface area contributed by atoms with Gasteiger partial charge in [-0.2, -0.15) is 0 Å². The number of rotatable bonds is 2. The highest BCUT2D eigenvalue weighted by atomic mass is 16.3. The molecule has 1 aromatic carbocycles. The standard InChI is InChI=1S/C12H12O2/c1-9-8-11-10(5-3-7-13)4-2-6-12(11)14-9/h2-6,8,13H,7H2,1H3/b5-3+. The Balaban J connectivity index is 2.58. The Morgan fingerprint density at radius 2 is 2.29 bits per heavy atom. The van der Waals surface area contributed by atoms with Gasteiger partial charge in [0.1, 0.15) is 11.3 Å². The maximum atomic E-state index is 8.69. The number of fused-ring (bicyclic) bond motifs is 1. The highest BCUT2D eigenvalue weighted by Gasteiger charge is 2.02. The molecule has 0 radical (unpaired) electrons. The van der Waals surface area contributed by atoms with Gasteiger partial charge in [-0.25, -0.2) is 0 Å². The van der Waals surface area contributed by atoms with Gasteiger partial charge in [0.05, 0.1) is 6.61 Å². The summed E-state index contributed by atoms with van der Waals surface area (Å²) in [6.45, 7) is 1.99. The molecule has 0 unspecified atom stereocenters. The van der Waals surface area contributed by atoms with Crippen molar-refractivity contribution in [3.8, 4) is 0 Å². The number of aliphatic hydroxyl groups excluding tert-OH is 1. The van der Waals surface area contributed by atoms with E-state index in [1.165, 1.54) is 0 Å². The van der Waals surface area contributed by atoms with E-state index in [4.69, 9.17) is 9.52 Å². The maximum absolute atomic E-state index is 8.69. The minimum absolute atomic E-state index is 0.0627. The second kappa shape index (κ2) is 3.68. The van der Waals surface area contributed by atoms with Gasteiger partial charge in [-0.1, -0.05) is 24.3 Å². The minimum Gasteiger partial charge on any atom is -0.461 e. The minimum atomic E-state index is 0.0627. The summed E-state index contributed by atoms with van der Waals surface area (Å²) >= 11 is 0. The summed E-state index contributed by atoms with van der Waals surface area (Å²) < 4.78 is 5.49. The van der Waals surface area contributed by atoms with Gasteiger partial charge in [0.2, 0.25) is 0 Å². The largest absolute Gasteiger partial charge is 0.461 e. The van der Waals surface area contributed by atoms with Crippen molar-refractivity contribution in [2.75, 3.05) is 6.61 Å². The second-order valence-electron chi connectivity index (χ2n) is 3.20. The Labute approximate surface area is 82.5 Å². The molecule has 0 aliphatic heterocycles. The molecule has 0 aliphatic carbocycles. The van der Waals surface area contributed by atoms with Gasteiger partial charge in [-0.3, -0.25) is 0 Å². The third-order valence-corrected chi connectivity index (χ3v) is 2.12. The van der Waals surface area contributed by atoms with Gasteiger partial charge >= 0.3 is 0 Å². The molecule has 1 N–H and O–H groups in total. The second-order valence-corrected chi connectivity index (χ2v) is 3.20. The molecule has 0 saturated heterocycles. The molecule has 1 aromatic heterocycles. The lowest BCUT2D eigenvalue weighted by molar-refractivity contribution is 0.343. The van der Waals surface area contributed by atoms with Crippen LogP contribution in [0.1, 0.15) is 11.3 Å². The van der Waals surface area contributed by atoms with Gasteiger partial charge in [0.25, 0.3) is 0 Å². The van der Waals surface area contributed by atoms with Crippen LogP contribution in [0.5, 0.6) is 0 Å². The van der Waals surface area contributed by atoms with Crippen LogP contribution < -0.4 is 0 Å². The number of furan rings is 1. The van der Waals surface area contributed by atoms with E-state index in [1.54, 1.807) is 6.08 Å². The van der Waals surface area contributed by atoms with E-state index in [9.17, 15) is 0 Å². The molecular formula is C12H12O2. The van der Waals surface area contributed by atoms with Crippen molar-refractivity contribution in [1.29, 1.82) is 0 Å². The molecule has 72 valence electrons. The molecule has 0 fully saturated rings. The summed E-state index contributed by atoms with van der Waals surface area (Å²) in [5.74, 6) is 0.907. The first-order valence-corrected chi connectivity index (χ1v) is 4.58. The smallest absolute Gasteiger partial charge is 0.134 e. The number of hydrogen-bond donors (Lipinski definition) is 1. The number of hydrogen-bond acceptors (Lipinski definition) is 2. The van der Waals surface area contributed by atoms with Crippen molar-refractivity contribution in [3.05, 3.63) is 41.7 Å². The first kappa shape index (κ1) is 9.03. The third kappa shape index (κ3) is 1.56. The normalized spacial score (nSPS) is 11.6. The summed E-state index contributed by atoms with van der Waals surface area (Å²) in [7, 11) is 0. The molecule has 2 nitrogen and oxygen atoms in total. The lowest BCUT2D eigenvalue weighted by Gasteiger charge is -1.93. The molecule has 2 heteroatoms. The van der Waals surface area contributed by atoms with Crippen LogP contribution in [-0.4, -0.2) is 11.7 Å². The zero-order valence-corrected chi connectivity index (χ0v) is 8.03. The van der Waals surface area contributed by atoms with Crippen LogP contribution in [-0.2, 0) is 0 Å². The Morgan fingerprint density at radius 1 is 1.43 bits per heavy atom. The van der Waals surface area contributed by atoms with E-state index in [0.29, 0.717) is 0 Å². The Hall–Kier alpha value is -1.54. The van der Waals surface area contributed by atoms with Crippen LogP contribution in [0.4, 0.5) is 0 Å².